The topological polar surface area (TPSA) is 56.6 Å². The first-order valence-corrected chi connectivity index (χ1v) is 8.28. The first-order valence-electron chi connectivity index (χ1n) is 8.28. The quantitative estimate of drug-likeness (QED) is 0.889. The number of hydrogen-bond acceptors (Lipinski definition) is 4. The van der Waals surface area contributed by atoms with E-state index in [9.17, 15) is 5.11 Å². The average Bonchev–Trinajstić information content (AvgIpc) is 2.63. The highest BCUT2D eigenvalue weighted by atomic mass is 16.3. The van der Waals surface area contributed by atoms with E-state index >= 15 is 0 Å². The second-order valence-electron chi connectivity index (χ2n) is 6.28. The second kappa shape index (κ2) is 7.68. The Labute approximate surface area is 137 Å². The highest BCUT2D eigenvalue weighted by Crippen LogP contribution is 2.23. The fraction of sp³-hybridized carbons (Fsp3) is 0.421. The predicted octanol–water partition coefficient (Wildman–Crippen LogP) is 2.31. The molecule has 1 aromatic carbocycles. The van der Waals surface area contributed by atoms with Crippen LogP contribution in [0.4, 0.5) is 0 Å². The van der Waals surface area contributed by atoms with Crippen molar-refractivity contribution in [1.82, 2.24) is 9.88 Å². The molecule has 1 aromatic heterocycles. The maximum absolute atomic E-state index is 9.72. The molecule has 1 aliphatic rings. The highest BCUT2D eigenvalue weighted by Gasteiger charge is 2.24. The molecule has 1 fully saturated rings. The first kappa shape index (κ1) is 16.1. The van der Waals surface area contributed by atoms with Gasteiger partial charge in [-0.15, -0.1) is 0 Å². The Morgan fingerprint density at radius 1 is 1.09 bits per heavy atom. The number of aromatic nitrogens is 1. The summed E-state index contributed by atoms with van der Waals surface area (Å²) in [6.07, 6.45) is 3.16. The van der Waals surface area contributed by atoms with E-state index in [0.717, 1.165) is 43.7 Å². The zero-order chi connectivity index (χ0) is 16.1. The van der Waals surface area contributed by atoms with Crippen molar-refractivity contribution in [2.24, 2.45) is 5.92 Å². The lowest BCUT2D eigenvalue weighted by molar-refractivity contribution is 0.0172. The molecule has 4 nitrogen and oxygen atoms in total. The van der Waals surface area contributed by atoms with Gasteiger partial charge in [-0.05, 0) is 49.5 Å². The van der Waals surface area contributed by atoms with Crippen LogP contribution < -0.4 is 0 Å². The van der Waals surface area contributed by atoms with E-state index in [2.05, 4.69) is 34.1 Å². The van der Waals surface area contributed by atoms with Crippen LogP contribution in [-0.2, 0) is 6.54 Å². The number of hydrogen-bond donors (Lipinski definition) is 2. The van der Waals surface area contributed by atoms with Gasteiger partial charge in [0, 0.05) is 18.3 Å². The van der Waals surface area contributed by atoms with Crippen molar-refractivity contribution in [3.05, 3.63) is 54.2 Å². The molecule has 23 heavy (non-hydrogen) atoms. The summed E-state index contributed by atoms with van der Waals surface area (Å²) >= 11 is 0. The minimum absolute atomic E-state index is 0.125. The molecule has 0 amide bonds. The number of pyridine rings is 1. The van der Waals surface area contributed by atoms with Gasteiger partial charge < -0.3 is 10.2 Å². The SMILES string of the molecule is OCC(O)C1CCN(Cc2ccc(-c3ccccn3)cc2)CC1. The molecule has 2 aromatic rings. The van der Waals surface area contributed by atoms with Crippen molar-refractivity contribution in [3.63, 3.8) is 0 Å². The molecular weight excluding hydrogens is 288 g/mol. The zero-order valence-corrected chi connectivity index (χ0v) is 13.3. The van der Waals surface area contributed by atoms with Crippen LogP contribution in [0, 0.1) is 5.92 Å². The van der Waals surface area contributed by atoms with Crippen molar-refractivity contribution in [2.75, 3.05) is 19.7 Å². The van der Waals surface area contributed by atoms with E-state index in [1.54, 1.807) is 0 Å². The molecular formula is C19H24N2O2. The molecule has 1 unspecified atom stereocenters. The van der Waals surface area contributed by atoms with Crippen molar-refractivity contribution < 1.29 is 10.2 Å². The van der Waals surface area contributed by atoms with E-state index in [0.29, 0.717) is 0 Å². The van der Waals surface area contributed by atoms with Crippen LogP contribution in [-0.4, -0.2) is 45.9 Å². The summed E-state index contributed by atoms with van der Waals surface area (Å²) in [5.41, 5.74) is 3.43. The fourth-order valence-corrected chi connectivity index (χ4v) is 3.22. The summed E-state index contributed by atoms with van der Waals surface area (Å²) < 4.78 is 0. The van der Waals surface area contributed by atoms with Gasteiger partial charge in [0.2, 0.25) is 0 Å². The molecule has 0 aliphatic carbocycles. The number of piperidine rings is 1. The van der Waals surface area contributed by atoms with Gasteiger partial charge in [0.25, 0.3) is 0 Å². The zero-order valence-electron chi connectivity index (χ0n) is 13.3. The molecule has 0 saturated carbocycles. The van der Waals surface area contributed by atoms with Gasteiger partial charge in [-0.1, -0.05) is 30.3 Å². The average molecular weight is 312 g/mol. The predicted molar refractivity (Wildman–Crippen MR) is 90.8 cm³/mol. The maximum Gasteiger partial charge on any atom is 0.0799 e. The fourth-order valence-electron chi connectivity index (χ4n) is 3.22. The van der Waals surface area contributed by atoms with Crippen LogP contribution >= 0.6 is 0 Å². The number of rotatable bonds is 5. The number of benzene rings is 1. The molecule has 1 saturated heterocycles. The normalized spacial score (nSPS) is 18.0. The first-order chi connectivity index (χ1) is 11.3. The van der Waals surface area contributed by atoms with Crippen molar-refractivity contribution in [2.45, 2.75) is 25.5 Å². The van der Waals surface area contributed by atoms with Gasteiger partial charge >= 0.3 is 0 Å². The van der Waals surface area contributed by atoms with Gasteiger partial charge in [0.05, 0.1) is 18.4 Å². The standard InChI is InChI=1S/C19H24N2O2/c22-14-19(23)17-8-11-21(12-9-17)13-15-4-6-16(7-5-15)18-3-1-2-10-20-18/h1-7,10,17,19,22-23H,8-9,11-14H2. The van der Waals surface area contributed by atoms with Gasteiger partial charge in [-0.3, -0.25) is 9.88 Å². The molecule has 0 spiro atoms. The van der Waals surface area contributed by atoms with E-state index in [1.807, 2.05) is 24.4 Å². The van der Waals surface area contributed by atoms with Gasteiger partial charge in [-0.25, -0.2) is 0 Å². The Hall–Kier alpha value is -1.75. The minimum Gasteiger partial charge on any atom is -0.394 e. The molecule has 0 bridgehead atoms. The van der Waals surface area contributed by atoms with E-state index in [1.165, 1.54) is 5.56 Å². The van der Waals surface area contributed by atoms with E-state index in [4.69, 9.17) is 5.11 Å². The molecule has 3 rings (SSSR count). The molecule has 0 radical (unpaired) electrons. The number of aliphatic hydroxyl groups excluding tert-OH is 2. The summed E-state index contributed by atoms with van der Waals surface area (Å²) in [5.74, 6) is 0.239. The van der Waals surface area contributed by atoms with Crippen LogP contribution in [0.15, 0.2) is 48.7 Å². The summed E-state index contributed by atoms with van der Waals surface area (Å²) in [7, 11) is 0. The van der Waals surface area contributed by atoms with Crippen molar-refractivity contribution >= 4 is 0 Å². The minimum atomic E-state index is -0.560. The molecule has 122 valence electrons. The lowest BCUT2D eigenvalue weighted by Crippen LogP contribution is -2.38. The third-order valence-electron chi connectivity index (χ3n) is 4.68. The van der Waals surface area contributed by atoms with Crippen LogP contribution in [0.25, 0.3) is 11.3 Å². The van der Waals surface area contributed by atoms with Gasteiger partial charge in [-0.2, -0.15) is 0 Å². The smallest absolute Gasteiger partial charge is 0.0799 e. The number of aliphatic hydroxyl groups is 2. The summed E-state index contributed by atoms with van der Waals surface area (Å²) in [5, 5.41) is 18.8. The second-order valence-corrected chi connectivity index (χ2v) is 6.28. The Morgan fingerprint density at radius 2 is 1.83 bits per heavy atom. The van der Waals surface area contributed by atoms with Crippen molar-refractivity contribution in [1.29, 1.82) is 0 Å². The lowest BCUT2D eigenvalue weighted by atomic mass is 9.91. The van der Waals surface area contributed by atoms with E-state index in [-0.39, 0.29) is 12.5 Å². The highest BCUT2D eigenvalue weighted by molar-refractivity contribution is 5.58. The van der Waals surface area contributed by atoms with Gasteiger partial charge in [0.15, 0.2) is 0 Å². The van der Waals surface area contributed by atoms with Gasteiger partial charge in [0.1, 0.15) is 0 Å². The third-order valence-corrected chi connectivity index (χ3v) is 4.68. The number of likely N-dealkylation sites (tertiary alicyclic amines) is 1. The lowest BCUT2D eigenvalue weighted by Gasteiger charge is -2.33. The monoisotopic (exact) mass is 312 g/mol. The van der Waals surface area contributed by atoms with Crippen LogP contribution in [0.5, 0.6) is 0 Å². The maximum atomic E-state index is 9.72. The molecule has 4 heteroatoms. The van der Waals surface area contributed by atoms with Crippen LogP contribution in [0.3, 0.4) is 0 Å². The van der Waals surface area contributed by atoms with Crippen LogP contribution in [0.1, 0.15) is 18.4 Å². The van der Waals surface area contributed by atoms with Crippen LogP contribution in [0.2, 0.25) is 0 Å². The summed E-state index contributed by atoms with van der Waals surface area (Å²) in [4.78, 5) is 6.79. The largest absolute Gasteiger partial charge is 0.394 e. The Bertz CT molecular complexity index is 593. The Morgan fingerprint density at radius 3 is 2.43 bits per heavy atom. The molecule has 1 atom stereocenters. The molecule has 2 N–H and O–H groups in total. The Kier molecular flexibility index (Phi) is 5.39. The van der Waals surface area contributed by atoms with E-state index < -0.39 is 6.10 Å². The third kappa shape index (κ3) is 4.16. The molecule has 2 heterocycles. The van der Waals surface area contributed by atoms with Crippen molar-refractivity contribution in [3.8, 4) is 11.3 Å². The number of nitrogens with zero attached hydrogens (tertiary/aromatic N) is 2. The Balaban J connectivity index is 1.55. The summed E-state index contributed by atoms with van der Waals surface area (Å²) in [6.45, 7) is 2.76. The summed E-state index contributed by atoms with van der Waals surface area (Å²) in [6, 6.07) is 14.5. The molecule has 1 aliphatic heterocycles.